The molecule has 1 aromatic rings. The van der Waals surface area contributed by atoms with Gasteiger partial charge in [0.15, 0.2) is 0 Å². The molecule has 1 heterocycles. The van der Waals surface area contributed by atoms with Gasteiger partial charge in [-0.05, 0) is 6.42 Å². The number of unbranched alkanes of at least 4 members (excludes halogenated alkanes) is 1. The molecule has 0 unspecified atom stereocenters. The van der Waals surface area contributed by atoms with Gasteiger partial charge >= 0.3 is 0 Å². The molecule has 1 aromatic carbocycles. The van der Waals surface area contributed by atoms with Gasteiger partial charge in [0, 0.05) is 6.54 Å². The van der Waals surface area contributed by atoms with Crippen molar-refractivity contribution in [2.45, 2.75) is 19.8 Å². The summed E-state index contributed by atoms with van der Waals surface area (Å²) in [6.45, 7) is 2.03. The molecular weight excluding hydrogens is 386 g/mol. The zero-order valence-corrected chi connectivity index (χ0v) is 15.0. The van der Waals surface area contributed by atoms with E-state index in [-0.39, 0.29) is 31.2 Å². The Kier molecular flexibility index (Phi) is 5.79. The molecule has 124 valence electrons. The number of benzene rings is 1. The van der Waals surface area contributed by atoms with Crippen LogP contribution in [0.15, 0.2) is 0 Å². The van der Waals surface area contributed by atoms with Crippen LogP contribution in [0.5, 0.6) is 0 Å². The van der Waals surface area contributed by atoms with E-state index in [0.29, 0.717) is 6.54 Å². The topological polar surface area (TPSA) is 66.5 Å². The zero-order chi connectivity index (χ0) is 17.3. The number of hydrogen-bond acceptors (Lipinski definition) is 3. The van der Waals surface area contributed by atoms with Gasteiger partial charge in [0.25, 0.3) is 11.8 Å². The number of carbonyl (C=O) groups is 3. The summed E-state index contributed by atoms with van der Waals surface area (Å²) in [6, 6.07) is 0. The molecular formula is C14H12Cl4N2O3. The predicted molar refractivity (Wildman–Crippen MR) is 89.8 cm³/mol. The Bertz CT molecular complexity index is 659. The lowest BCUT2D eigenvalue weighted by molar-refractivity contribution is -0.121. The Balaban J connectivity index is 2.30. The lowest BCUT2D eigenvalue weighted by atomic mass is 10.1. The Hall–Kier alpha value is -1.01. The minimum Gasteiger partial charge on any atom is -0.355 e. The fraction of sp³-hybridized carbons (Fsp3) is 0.357. The largest absolute Gasteiger partial charge is 0.355 e. The van der Waals surface area contributed by atoms with E-state index in [1.54, 1.807) is 0 Å². The second-order valence-corrected chi connectivity index (χ2v) is 6.42. The molecule has 9 heteroatoms. The highest BCUT2D eigenvalue weighted by Gasteiger charge is 2.42. The van der Waals surface area contributed by atoms with E-state index in [0.717, 1.165) is 17.7 Å². The van der Waals surface area contributed by atoms with E-state index >= 15 is 0 Å². The van der Waals surface area contributed by atoms with Crippen molar-refractivity contribution in [1.82, 2.24) is 10.2 Å². The SMILES string of the molecule is CCCCNC(=O)CN1C(=O)c2c(Cl)c(Cl)c(Cl)c(Cl)c2C1=O. The van der Waals surface area contributed by atoms with Crippen molar-refractivity contribution >= 4 is 64.1 Å². The van der Waals surface area contributed by atoms with Crippen LogP contribution < -0.4 is 5.32 Å². The monoisotopic (exact) mass is 396 g/mol. The van der Waals surface area contributed by atoms with Crippen LogP contribution in [-0.2, 0) is 4.79 Å². The highest BCUT2D eigenvalue weighted by Crippen LogP contribution is 2.44. The normalized spacial score (nSPS) is 13.5. The third-order valence-electron chi connectivity index (χ3n) is 3.34. The minimum atomic E-state index is -0.721. The quantitative estimate of drug-likeness (QED) is 0.355. The van der Waals surface area contributed by atoms with Crippen molar-refractivity contribution in [3.05, 3.63) is 31.2 Å². The first-order valence-corrected chi connectivity index (χ1v) is 8.31. The van der Waals surface area contributed by atoms with Gasteiger partial charge in [-0.25, -0.2) is 0 Å². The van der Waals surface area contributed by atoms with E-state index in [4.69, 9.17) is 46.4 Å². The molecule has 3 amide bonds. The number of halogens is 4. The molecule has 2 rings (SSSR count). The summed E-state index contributed by atoms with van der Waals surface area (Å²) in [5, 5.41) is 2.12. The summed E-state index contributed by atoms with van der Waals surface area (Å²) in [7, 11) is 0. The third kappa shape index (κ3) is 3.29. The summed E-state index contributed by atoms with van der Waals surface area (Å²) in [5.41, 5.74) is -0.255. The first-order valence-electron chi connectivity index (χ1n) is 6.80. The van der Waals surface area contributed by atoms with Crippen LogP contribution in [-0.4, -0.2) is 35.7 Å². The second kappa shape index (κ2) is 7.26. The minimum absolute atomic E-state index is 0.104. The second-order valence-electron chi connectivity index (χ2n) is 4.91. The number of amides is 3. The van der Waals surface area contributed by atoms with Gasteiger partial charge in [-0.2, -0.15) is 0 Å². The lowest BCUT2D eigenvalue weighted by Gasteiger charge is -2.13. The standard InChI is InChI=1S/C14H12Cl4N2O3/c1-2-3-4-19-6(21)5-20-13(22)7-8(14(20)23)10(16)12(18)11(17)9(7)15/h2-5H2,1H3,(H,19,21). The van der Waals surface area contributed by atoms with Gasteiger partial charge < -0.3 is 5.32 Å². The lowest BCUT2D eigenvalue weighted by Crippen LogP contribution is -2.40. The van der Waals surface area contributed by atoms with Gasteiger partial charge in [-0.15, -0.1) is 0 Å². The van der Waals surface area contributed by atoms with E-state index in [9.17, 15) is 14.4 Å². The molecule has 0 aromatic heterocycles. The van der Waals surface area contributed by atoms with Crippen molar-refractivity contribution in [1.29, 1.82) is 0 Å². The molecule has 1 N–H and O–H groups in total. The van der Waals surface area contributed by atoms with Crippen LogP contribution in [0.1, 0.15) is 40.5 Å². The van der Waals surface area contributed by atoms with Gasteiger partial charge in [-0.3, -0.25) is 19.3 Å². The smallest absolute Gasteiger partial charge is 0.263 e. The molecule has 5 nitrogen and oxygen atoms in total. The maximum Gasteiger partial charge on any atom is 0.263 e. The number of hydrogen-bond donors (Lipinski definition) is 1. The number of carbonyl (C=O) groups excluding carboxylic acids is 3. The van der Waals surface area contributed by atoms with Gasteiger partial charge in [0.1, 0.15) is 6.54 Å². The van der Waals surface area contributed by atoms with Crippen LogP contribution in [0, 0.1) is 0 Å². The Morgan fingerprint density at radius 3 is 1.87 bits per heavy atom. The maximum atomic E-state index is 12.4. The van der Waals surface area contributed by atoms with Crippen LogP contribution >= 0.6 is 46.4 Å². The molecule has 0 spiro atoms. The number of nitrogens with one attached hydrogen (secondary N) is 1. The molecule has 0 saturated heterocycles. The molecule has 1 aliphatic rings. The van der Waals surface area contributed by atoms with Crippen molar-refractivity contribution in [3.63, 3.8) is 0 Å². The van der Waals surface area contributed by atoms with Gasteiger partial charge in [0.05, 0.1) is 31.2 Å². The van der Waals surface area contributed by atoms with E-state index in [1.807, 2.05) is 6.92 Å². The molecule has 23 heavy (non-hydrogen) atoms. The third-order valence-corrected chi connectivity index (χ3v) is 5.14. The van der Waals surface area contributed by atoms with Crippen molar-refractivity contribution < 1.29 is 14.4 Å². The average molecular weight is 398 g/mol. The van der Waals surface area contributed by atoms with Crippen LogP contribution in [0.25, 0.3) is 0 Å². The van der Waals surface area contributed by atoms with Crippen LogP contribution in [0.4, 0.5) is 0 Å². The van der Waals surface area contributed by atoms with E-state index in [1.165, 1.54) is 0 Å². The Morgan fingerprint density at radius 1 is 0.957 bits per heavy atom. The fourth-order valence-corrected chi connectivity index (χ4v) is 3.16. The molecule has 0 fully saturated rings. The van der Waals surface area contributed by atoms with E-state index in [2.05, 4.69) is 5.32 Å². The van der Waals surface area contributed by atoms with Gasteiger partial charge in [-0.1, -0.05) is 59.7 Å². The zero-order valence-electron chi connectivity index (χ0n) is 12.0. The number of imide groups is 1. The average Bonchev–Trinajstić information content (AvgIpc) is 2.76. The highest BCUT2D eigenvalue weighted by atomic mass is 35.5. The van der Waals surface area contributed by atoms with Crippen molar-refractivity contribution in [2.24, 2.45) is 0 Å². The molecule has 1 aliphatic heterocycles. The van der Waals surface area contributed by atoms with Crippen molar-refractivity contribution in [3.8, 4) is 0 Å². The first-order chi connectivity index (χ1) is 10.8. The van der Waals surface area contributed by atoms with Gasteiger partial charge in [0.2, 0.25) is 5.91 Å². The molecule has 0 saturated carbocycles. The van der Waals surface area contributed by atoms with Crippen molar-refractivity contribution in [2.75, 3.05) is 13.1 Å². The number of fused-ring (bicyclic) bond motifs is 1. The first kappa shape index (κ1) is 18.3. The number of nitrogens with zero attached hydrogens (tertiary/aromatic N) is 1. The van der Waals surface area contributed by atoms with Crippen LogP contribution in [0.2, 0.25) is 20.1 Å². The summed E-state index contributed by atoms with van der Waals surface area (Å²) < 4.78 is 0. The van der Waals surface area contributed by atoms with Crippen LogP contribution in [0.3, 0.4) is 0 Å². The fourth-order valence-electron chi connectivity index (χ4n) is 2.14. The summed E-state index contributed by atoms with van der Waals surface area (Å²) in [4.78, 5) is 37.4. The highest BCUT2D eigenvalue weighted by molar-refractivity contribution is 6.55. The Morgan fingerprint density at radius 2 is 1.43 bits per heavy atom. The summed E-state index contributed by atoms with van der Waals surface area (Å²) >= 11 is 23.8. The summed E-state index contributed by atoms with van der Waals surface area (Å²) in [5.74, 6) is -1.89. The number of rotatable bonds is 5. The molecule has 0 atom stereocenters. The maximum absolute atomic E-state index is 12.4. The Labute approximate surface area is 152 Å². The molecule has 0 bridgehead atoms. The molecule has 0 aliphatic carbocycles. The molecule has 0 radical (unpaired) electrons. The predicted octanol–water partition coefficient (Wildman–Crippen LogP) is 3.81. The summed E-state index contributed by atoms with van der Waals surface area (Å²) in [6.07, 6.45) is 1.71. The van der Waals surface area contributed by atoms with E-state index < -0.39 is 24.3 Å².